The Morgan fingerprint density at radius 3 is 2.54 bits per heavy atom. The number of esters is 1. The van der Waals surface area contributed by atoms with Crippen LogP contribution in [0.3, 0.4) is 0 Å². The summed E-state index contributed by atoms with van der Waals surface area (Å²) in [5, 5.41) is 8.44. The molecule has 0 aromatic heterocycles. The molecule has 1 aromatic rings. The summed E-state index contributed by atoms with van der Waals surface area (Å²) in [5.41, 5.74) is 0. The molecule has 0 aliphatic heterocycles. The minimum absolute atomic E-state index is 0.309. The number of hydrogen-bond acceptors (Lipinski definition) is 4. The fourth-order valence-electron chi connectivity index (χ4n) is 0.858. The van der Waals surface area contributed by atoms with Gasteiger partial charge in [0, 0.05) is 0 Å². The molecule has 4 heteroatoms. The number of methoxy groups -OCH3 is 1. The topological polar surface area (TPSA) is 55.8 Å². The van der Waals surface area contributed by atoms with Gasteiger partial charge in [-0.3, -0.25) is 0 Å². The van der Waals surface area contributed by atoms with E-state index >= 15 is 0 Å². The Morgan fingerprint density at radius 1 is 1.38 bits per heavy atom. The van der Waals surface area contributed by atoms with E-state index in [2.05, 4.69) is 0 Å². The Balaban J connectivity index is 2.81. The third-order valence-electron chi connectivity index (χ3n) is 1.42. The first-order chi connectivity index (χ1) is 6.27. The number of benzene rings is 1. The largest absolute Gasteiger partial charge is 0.493 e. The maximum Gasteiger partial charge on any atom is 0.337 e. The molecule has 0 radical (unpaired) electrons. The molecule has 0 saturated heterocycles. The van der Waals surface area contributed by atoms with Crippen LogP contribution >= 0.6 is 0 Å². The lowest BCUT2D eigenvalue weighted by molar-refractivity contribution is -0.137. The van der Waals surface area contributed by atoms with E-state index in [1.807, 2.05) is 0 Å². The number of aliphatic hydroxyl groups is 1. The third kappa shape index (κ3) is 2.45. The summed E-state index contributed by atoms with van der Waals surface area (Å²) in [5.74, 6) is 0.0675. The highest BCUT2D eigenvalue weighted by Gasteiger charge is 2.06. The number of ether oxygens (including phenoxy) is 2. The Morgan fingerprint density at radius 2 is 2.00 bits per heavy atom. The fraction of sp³-hybridized carbons (Fsp3) is 0.222. The number of para-hydroxylation sites is 2. The minimum atomic E-state index is -0.704. The van der Waals surface area contributed by atoms with E-state index in [0.717, 1.165) is 0 Å². The fourth-order valence-corrected chi connectivity index (χ4v) is 0.858. The molecule has 4 nitrogen and oxygen atoms in total. The van der Waals surface area contributed by atoms with Gasteiger partial charge in [-0.25, -0.2) is 4.79 Å². The SMILES string of the molecule is COc1ccccc1OC(=O)CO. The molecule has 0 amide bonds. The molecule has 0 heterocycles. The van der Waals surface area contributed by atoms with E-state index in [0.29, 0.717) is 11.5 Å². The molecule has 1 aromatic carbocycles. The Kier molecular flexibility index (Phi) is 3.28. The van der Waals surface area contributed by atoms with Gasteiger partial charge in [-0.2, -0.15) is 0 Å². The van der Waals surface area contributed by atoms with Crippen LogP contribution in [0.5, 0.6) is 11.5 Å². The number of rotatable bonds is 3. The van der Waals surface area contributed by atoms with E-state index in [1.54, 1.807) is 24.3 Å². The lowest BCUT2D eigenvalue weighted by atomic mass is 10.3. The lowest BCUT2D eigenvalue weighted by Crippen LogP contribution is -2.12. The first-order valence-corrected chi connectivity index (χ1v) is 3.72. The predicted molar refractivity (Wildman–Crippen MR) is 45.7 cm³/mol. The van der Waals surface area contributed by atoms with Gasteiger partial charge in [-0.05, 0) is 12.1 Å². The standard InChI is InChI=1S/C9H10O4/c1-12-7-4-2-3-5-8(7)13-9(11)6-10/h2-5,10H,6H2,1H3. The summed E-state index contributed by atoms with van der Waals surface area (Å²) in [4.78, 5) is 10.7. The van der Waals surface area contributed by atoms with Gasteiger partial charge < -0.3 is 14.6 Å². The van der Waals surface area contributed by atoms with Gasteiger partial charge in [0.25, 0.3) is 0 Å². The summed E-state index contributed by atoms with van der Waals surface area (Å²) in [6, 6.07) is 6.73. The van der Waals surface area contributed by atoms with Crippen molar-refractivity contribution in [2.24, 2.45) is 0 Å². The highest BCUT2D eigenvalue weighted by molar-refractivity contribution is 5.74. The average molecular weight is 182 g/mol. The Labute approximate surface area is 75.7 Å². The minimum Gasteiger partial charge on any atom is -0.493 e. The normalized spacial score (nSPS) is 9.38. The Bertz CT molecular complexity index is 295. The van der Waals surface area contributed by atoms with Crippen molar-refractivity contribution in [3.05, 3.63) is 24.3 Å². The quantitative estimate of drug-likeness (QED) is 0.549. The van der Waals surface area contributed by atoms with Crippen molar-refractivity contribution >= 4 is 5.97 Å². The molecular formula is C9H10O4. The molecule has 0 spiro atoms. The van der Waals surface area contributed by atoms with Crippen LogP contribution in [0.25, 0.3) is 0 Å². The second-order valence-electron chi connectivity index (χ2n) is 2.28. The second-order valence-corrected chi connectivity index (χ2v) is 2.28. The van der Waals surface area contributed by atoms with Gasteiger partial charge in [0.05, 0.1) is 7.11 Å². The number of carbonyl (C=O) groups excluding carboxylic acids is 1. The van der Waals surface area contributed by atoms with Crippen molar-refractivity contribution in [1.82, 2.24) is 0 Å². The van der Waals surface area contributed by atoms with Crippen LogP contribution < -0.4 is 9.47 Å². The van der Waals surface area contributed by atoms with E-state index in [4.69, 9.17) is 14.6 Å². The highest BCUT2D eigenvalue weighted by Crippen LogP contribution is 2.25. The second kappa shape index (κ2) is 4.47. The molecular weight excluding hydrogens is 172 g/mol. The molecule has 0 aliphatic rings. The third-order valence-corrected chi connectivity index (χ3v) is 1.42. The van der Waals surface area contributed by atoms with Gasteiger partial charge in [-0.1, -0.05) is 12.1 Å². The van der Waals surface area contributed by atoms with E-state index < -0.39 is 12.6 Å². The van der Waals surface area contributed by atoms with Gasteiger partial charge in [-0.15, -0.1) is 0 Å². The monoisotopic (exact) mass is 182 g/mol. The summed E-state index contributed by atoms with van der Waals surface area (Å²) >= 11 is 0. The zero-order valence-corrected chi connectivity index (χ0v) is 7.19. The van der Waals surface area contributed by atoms with Crippen LogP contribution in [0, 0.1) is 0 Å². The molecule has 0 atom stereocenters. The van der Waals surface area contributed by atoms with Crippen LogP contribution in [0.4, 0.5) is 0 Å². The highest BCUT2D eigenvalue weighted by atomic mass is 16.6. The van der Waals surface area contributed by atoms with Gasteiger partial charge in [0.1, 0.15) is 6.61 Å². The van der Waals surface area contributed by atoms with Crippen molar-refractivity contribution in [2.45, 2.75) is 0 Å². The van der Waals surface area contributed by atoms with Crippen LogP contribution in [0.15, 0.2) is 24.3 Å². The van der Waals surface area contributed by atoms with Crippen molar-refractivity contribution < 1.29 is 19.4 Å². The van der Waals surface area contributed by atoms with Gasteiger partial charge in [0.2, 0.25) is 0 Å². The maximum absolute atomic E-state index is 10.7. The van der Waals surface area contributed by atoms with Crippen molar-refractivity contribution in [3.63, 3.8) is 0 Å². The molecule has 70 valence electrons. The zero-order chi connectivity index (χ0) is 9.68. The van der Waals surface area contributed by atoms with Gasteiger partial charge >= 0.3 is 5.97 Å². The molecule has 0 saturated carbocycles. The molecule has 0 aliphatic carbocycles. The van der Waals surface area contributed by atoms with Crippen LogP contribution in [-0.2, 0) is 4.79 Å². The summed E-state index contributed by atoms with van der Waals surface area (Å²) in [6.07, 6.45) is 0. The lowest BCUT2D eigenvalue weighted by Gasteiger charge is -2.06. The maximum atomic E-state index is 10.7. The number of hydrogen-bond donors (Lipinski definition) is 1. The van der Waals surface area contributed by atoms with Gasteiger partial charge in [0.15, 0.2) is 11.5 Å². The van der Waals surface area contributed by atoms with Crippen LogP contribution in [0.1, 0.15) is 0 Å². The summed E-state index contributed by atoms with van der Waals surface area (Å²) in [6.45, 7) is -0.641. The summed E-state index contributed by atoms with van der Waals surface area (Å²) < 4.78 is 9.70. The summed E-state index contributed by atoms with van der Waals surface area (Å²) in [7, 11) is 1.48. The average Bonchev–Trinajstić information content (AvgIpc) is 2.18. The molecule has 0 bridgehead atoms. The molecule has 0 unspecified atom stereocenters. The Hall–Kier alpha value is -1.55. The van der Waals surface area contributed by atoms with E-state index in [-0.39, 0.29) is 0 Å². The smallest absolute Gasteiger partial charge is 0.337 e. The molecule has 0 fully saturated rings. The van der Waals surface area contributed by atoms with Crippen molar-refractivity contribution in [2.75, 3.05) is 13.7 Å². The van der Waals surface area contributed by atoms with Crippen LogP contribution in [-0.4, -0.2) is 24.8 Å². The molecule has 1 N–H and O–H groups in total. The van der Waals surface area contributed by atoms with Crippen LogP contribution in [0.2, 0.25) is 0 Å². The number of aliphatic hydroxyl groups excluding tert-OH is 1. The molecule has 1 rings (SSSR count). The number of carbonyl (C=O) groups is 1. The predicted octanol–water partition coefficient (Wildman–Crippen LogP) is 0.593. The first kappa shape index (κ1) is 9.54. The van der Waals surface area contributed by atoms with Crippen molar-refractivity contribution in [3.8, 4) is 11.5 Å². The van der Waals surface area contributed by atoms with E-state index in [9.17, 15) is 4.79 Å². The first-order valence-electron chi connectivity index (χ1n) is 3.72. The zero-order valence-electron chi connectivity index (χ0n) is 7.19. The van der Waals surface area contributed by atoms with Crippen molar-refractivity contribution in [1.29, 1.82) is 0 Å². The van der Waals surface area contributed by atoms with E-state index in [1.165, 1.54) is 7.11 Å². The molecule has 13 heavy (non-hydrogen) atoms.